The molecule has 0 bridgehead atoms. The minimum atomic E-state index is -0.569. The van der Waals surface area contributed by atoms with Gasteiger partial charge in [0.05, 0.1) is 13.2 Å². The number of nitrogens with one attached hydrogen (secondary N) is 1. The standard InChI is InChI=1S/C16H15ClFNO2/c1-10(11-4-3-5-13(17)8-11)19-16(20)12-6-7-15(21-2)14(18)9-12/h3-10H,1-2H3,(H,19,20)/t10-/m0/s1. The average molecular weight is 308 g/mol. The zero-order chi connectivity index (χ0) is 15.4. The minimum absolute atomic E-state index is 0.106. The fraction of sp³-hybridized carbons (Fsp3) is 0.188. The summed E-state index contributed by atoms with van der Waals surface area (Å²) in [5, 5.41) is 3.40. The molecule has 0 fully saturated rings. The topological polar surface area (TPSA) is 38.3 Å². The Morgan fingerprint density at radius 1 is 1.29 bits per heavy atom. The molecular weight excluding hydrogens is 293 g/mol. The monoisotopic (exact) mass is 307 g/mol. The molecule has 0 heterocycles. The molecule has 0 aliphatic heterocycles. The quantitative estimate of drug-likeness (QED) is 0.928. The summed E-state index contributed by atoms with van der Waals surface area (Å²) in [4.78, 5) is 12.1. The predicted molar refractivity (Wildman–Crippen MR) is 80.3 cm³/mol. The van der Waals surface area contributed by atoms with Crippen LogP contribution in [0.15, 0.2) is 42.5 Å². The lowest BCUT2D eigenvalue weighted by molar-refractivity contribution is 0.0939. The van der Waals surface area contributed by atoms with Crippen molar-refractivity contribution in [2.75, 3.05) is 7.11 Å². The SMILES string of the molecule is COc1ccc(C(=O)N[C@@H](C)c2cccc(Cl)c2)cc1F. The Bertz CT molecular complexity index is 660. The third-order valence-electron chi connectivity index (χ3n) is 3.11. The minimum Gasteiger partial charge on any atom is -0.494 e. The molecule has 1 atom stereocenters. The highest BCUT2D eigenvalue weighted by molar-refractivity contribution is 6.30. The second-order valence-electron chi connectivity index (χ2n) is 4.60. The Kier molecular flexibility index (Phi) is 4.81. The van der Waals surface area contributed by atoms with Gasteiger partial charge in [-0.05, 0) is 42.8 Å². The van der Waals surface area contributed by atoms with E-state index in [-0.39, 0.29) is 23.3 Å². The molecular formula is C16H15ClFNO2. The summed E-state index contributed by atoms with van der Waals surface area (Å²) in [6.45, 7) is 1.84. The van der Waals surface area contributed by atoms with Crippen LogP contribution in [0.2, 0.25) is 5.02 Å². The Hall–Kier alpha value is -2.07. The molecule has 2 aromatic rings. The van der Waals surface area contributed by atoms with Gasteiger partial charge in [-0.1, -0.05) is 23.7 Å². The third kappa shape index (κ3) is 3.73. The van der Waals surface area contributed by atoms with Gasteiger partial charge in [-0.25, -0.2) is 4.39 Å². The van der Waals surface area contributed by atoms with Crippen molar-refractivity contribution in [2.24, 2.45) is 0 Å². The predicted octanol–water partition coefficient (Wildman–Crippen LogP) is 3.98. The number of halogens is 2. The molecule has 1 amide bonds. The smallest absolute Gasteiger partial charge is 0.251 e. The van der Waals surface area contributed by atoms with Crippen molar-refractivity contribution >= 4 is 17.5 Å². The van der Waals surface area contributed by atoms with Gasteiger partial charge in [-0.2, -0.15) is 0 Å². The summed E-state index contributed by atoms with van der Waals surface area (Å²) in [6, 6.07) is 11.1. The summed E-state index contributed by atoms with van der Waals surface area (Å²) in [5.41, 5.74) is 1.12. The van der Waals surface area contributed by atoms with E-state index in [1.165, 1.54) is 19.2 Å². The van der Waals surface area contributed by atoms with Crippen molar-refractivity contribution in [3.63, 3.8) is 0 Å². The van der Waals surface area contributed by atoms with Crippen LogP contribution < -0.4 is 10.1 Å². The van der Waals surface area contributed by atoms with Crippen LogP contribution >= 0.6 is 11.6 Å². The van der Waals surface area contributed by atoms with Gasteiger partial charge in [0.1, 0.15) is 0 Å². The molecule has 0 unspecified atom stereocenters. The molecule has 0 aliphatic carbocycles. The molecule has 2 rings (SSSR count). The molecule has 5 heteroatoms. The van der Waals surface area contributed by atoms with E-state index < -0.39 is 5.82 Å². The summed E-state index contributed by atoms with van der Waals surface area (Å²) < 4.78 is 18.4. The van der Waals surface area contributed by atoms with Crippen molar-refractivity contribution in [1.29, 1.82) is 0 Å². The van der Waals surface area contributed by atoms with Crippen LogP contribution in [0.4, 0.5) is 4.39 Å². The molecule has 110 valence electrons. The normalized spacial score (nSPS) is 11.8. The summed E-state index contributed by atoms with van der Waals surface area (Å²) >= 11 is 5.92. The Morgan fingerprint density at radius 3 is 2.67 bits per heavy atom. The van der Waals surface area contributed by atoms with E-state index in [1.54, 1.807) is 12.1 Å². The maximum absolute atomic E-state index is 13.6. The van der Waals surface area contributed by atoms with Crippen LogP contribution in [0.5, 0.6) is 5.75 Å². The van der Waals surface area contributed by atoms with E-state index in [4.69, 9.17) is 16.3 Å². The first kappa shape index (κ1) is 15.3. The van der Waals surface area contributed by atoms with Gasteiger partial charge in [0.15, 0.2) is 11.6 Å². The van der Waals surface area contributed by atoms with Crippen molar-refractivity contribution in [2.45, 2.75) is 13.0 Å². The number of hydrogen-bond acceptors (Lipinski definition) is 2. The Morgan fingerprint density at radius 2 is 2.05 bits per heavy atom. The fourth-order valence-electron chi connectivity index (χ4n) is 1.95. The number of carbonyl (C=O) groups is 1. The number of hydrogen-bond donors (Lipinski definition) is 1. The lowest BCUT2D eigenvalue weighted by atomic mass is 10.1. The first-order valence-corrected chi connectivity index (χ1v) is 6.79. The number of ether oxygens (including phenoxy) is 1. The second kappa shape index (κ2) is 6.59. The first-order chi connectivity index (χ1) is 10.0. The van der Waals surface area contributed by atoms with Gasteiger partial charge in [0, 0.05) is 10.6 Å². The Labute approximate surface area is 127 Å². The zero-order valence-corrected chi connectivity index (χ0v) is 12.4. The average Bonchev–Trinajstić information content (AvgIpc) is 2.47. The van der Waals surface area contributed by atoms with Crippen LogP contribution in [0, 0.1) is 5.82 Å². The van der Waals surface area contributed by atoms with Gasteiger partial charge >= 0.3 is 0 Å². The molecule has 0 saturated heterocycles. The van der Waals surface area contributed by atoms with Crippen LogP contribution in [0.1, 0.15) is 28.9 Å². The van der Waals surface area contributed by atoms with E-state index in [1.807, 2.05) is 19.1 Å². The number of rotatable bonds is 4. The highest BCUT2D eigenvalue weighted by Gasteiger charge is 2.13. The molecule has 2 aromatic carbocycles. The lowest BCUT2D eigenvalue weighted by Crippen LogP contribution is -2.26. The van der Waals surface area contributed by atoms with Gasteiger partial charge < -0.3 is 10.1 Å². The second-order valence-corrected chi connectivity index (χ2v) is 5.04. The summed E-state index contributed by atoms with van der Waals surface area (Å²) in [5.74, 6) is -0.820. The van der Waals surface area contributed by atoms with E-state index in [2.05, 4.69) is 5.32 Å². The molecule has 21 heavy (non-hydrogen) atoms. The molecule has 3 nitrogen and oxygen atoms in total. The van der Waals surface area contributed by atoms with Gasteiger partial charge in [0.25, 0.3) is 5.91 Å². The number of amides is 1. The summed E-state index contributed by atoms with van der Waals surface area (Å²) in [7, 11) is 1.37. The summed E-state index contributed by atoms with van der Waals surface area (Å²) in [6.07, 6.45) is 0. The molecule has 0 aromatic heterocycles. The van der Waals surface area contributed by atoms with Crippen LogP contribution in [-0.4, -0.2) is 13.0 Å². The van der Waals surface area contributed by atoms with Gasteiger partial charge in [-0.15, -0.1) is 0 Å². The number of benzene rings is 2. The van der Waals surface area contributed by atoms with Gasteiger partial charge in [-0.3, -0.25) is 4.79 Å². The van der Waals surface area contributed by atoms with E-state index in [0.717, 1.165) is 11.6 Å². The van der Waals surface area contributed by atoms with Crippen LogP contribution in [0.3, 0.4) is 0 Å². The number of carbonyl (C=O) groups excluding carboxylic acids is 1. The molecule has 0 spiro atoms. The van der Waals surface area contributed by atoms with Crippen molar-refractivity contribution in [3.8, 4) is 5.75 Å². The Balaban J connectivity index is 2.12. The fourth-order valence-corrected chi connectivity index (χ4v) is 2.15. The zero-order valence-electron chi connectivity index (χ0n) is 11.7. The van der Waals surface area contributed by atoms with Crippen LogP contribution in [0.25, 0.3) is 0 Å². The largest absolute Gasteiger partial charge is 0.494 e. The number of methoxy groups -OCH3 is 1. The van der Waals surface area contributed by atoms with Gasteiger partial charge in [0.2, 0.25) is 0 Å². The van der Waals surface area contributed by atoms with Crippen molar-refractivity contribution < 1.29 is 13.9 Å². The molecule has 1 N–H and O–H groups in total. The maximum atomic E-state index is 13.6. The van der Waals surface area contributed by atoms with Crippen molar-refractivity contribution in [3.05, 3.63) is 64.4 Å². The maximum Gasteiger partial charge on any atom is 0.251 e. The van der Waals surface area contributed by atoms with E-state index >= 15 is 0 Å². The first-order valence-electron chi connectivity index (χ1n) is 6.41. The highest BCUT2D eigenvalue weighted by atomic mass is 35.5. The molecule has 0 radical (unpaired) electrons. The highest BCUT2D eigenvalue weighted by Crippen LogP contribution is 2.20. The molecule has 0 saturated carbocycles. The third-order valence-corrected chi connectivity index (χ3v) is 3.35. The van der Waals surface area contributed by atoms with E-state index in [9.17, 15) is 9.18 Å². The lowest BCUT2D eigenvalue weighted by Gasteiger charge is -2.15. The molecule has 0 aliphatic rings. The van der Waals surface area contributed by atoms with Crippen molar-refractivity contribution in [1.82, 2.24) is 5.32 Å². The van der Waals surface area contributed by atoms with E-state index in [0.29, 0.717) is 5.02 Å². The van der Waals surface area contributed by atoms with Crippen LogP contribution in [-0.2, 0) is 0 Å².